The van der Waals surface area contributed by atoms with E-state index in [0.29, 0.717) is 42.9 Å². The number of hydrogen-bond donors (Lipinski definition) is 0. The number of amides is 1. The lowest BCUT2D eigenvalue weighted by atomic mass is 10.1. The van der Waals surface area contributed by atoms with Crippen LogP contribution in [-0.4, -0.2) is 63.8 Å². The van der Waals surface area contributed by atoms with Crippen LogP contribution in [0.3, 0.4) is 0 Å². The molecule has 3 heterocycles. The molecule has 5 rings (SSSR count). The van der Waals surface area contributed by atoms with Crippen LogP contribution in [0, 0.1) is 0 Å². The van der Waals surface area contributed by atoms with Gasteiger partial charge in [-0.15, -0.1) is 0 Å². The molecule has 1 aliphatic rings. The molecule has 0 spiro atoms. The third kappa shape index (κ3) is 5.12. The lowest BCUT2D eigenvalue weighted by Gasteiger charge is -2.34. The molecule has 1 saturated heterocycles. The molecular weight excluding hydrogens is 464 g/mol. The third-order valence-electron chi connectivity index (χ3n) is 6.02. The Balaban J connectivity index is 1.32. The summed E-state index contributed by atoms with van der Waals surface area (Å²) in [5, 5.41) is 5.43. The predicted octanol–water partition coefficient (Wildman–Crippen LogP) is 4.02. The second kappa shape index (κ2) is 10.1. The lowest BCUT2D eigenvalue weighted by molar-refractivity contribution is -0.132. The largest absolute Gasteiger partial charge is 0.494 e. The molecule has 0 atom stereocenters. The monoisotopic (exact) mass is 488 g/mol. The predicted molar refractivity (Wildman–Crippen MR) is 135 cm³/mol. The molecule has 0 radical (unpaired) electrons. The molecule has 8 nitrogen and oxygen atoms in total. The van der Waals surface area contributed by atoms with Crippen LogP contribution in [0.4, 0.5) is 5.95 Å². The van der Waals surface area contributed by atoms with E-state index >= 15 is 0 Å². The summed E-state index contributed by atoms with van der Waals surface area (Å²) in [4.78, 5) is 25.9. The number of ether oxygens (including phenoxy) is 1. The first-order valence-corrected chi connectivity index (χ1v) is 11.8. The number of hydrogen-bond acceptors (Lipinski definition) is 6. The number of carbonyl (C=O) groups is 1. The van der Waals surface area contributed by atoms with Gasteiger partial charge in [0.05, 0.1) is 30.9 Å². The van der Waals surface area contributed by atoms with Crippen LogP contribution in [0.25, 0.3) is 22.5 Å². The fourth-order valence-electron chi connectivity index (χ4n) is 4.13. The van der Waals surface area contributed by atoms with Crippen LogP contribution in [0.1, 0.15) is 0 Å². The minimum absolute atomic E-state index is 0.0261. The minimum atomic E-state index is 0.0261. The zero-order valence-electron chi connectivity index (χ0n) is 19.3. The summed E-state index contributed by atoms with van der Waals surface area (Å²) in [6, 6.07) is 19.6. The van der Waals surface area contributed by atoms with E-state index in [2.05, 4.69) is 14.9 Å². The molecule has 9 heteroatoms. The quantitative estimate of drug-likeness (QED) is 0.408. The highest BCUT2D eigenvalue weighted by atomic mass is 35.5. The summed E-state index contributed by atoms with van der Waals surface area (Å²) in [5.74, 6) is 1.29. The molecule has 4 aromatic rings. The number of carbonyl (C=O) groups excluding carboxylic acids is 1. The standard InChI is InChI=1S/C26H25ClN6O2/c1-35-22-16-28-26(29-17-22)32-12-10-31(11-13-32)25(34)18-33-24(19-6-3-2-4-7-19)15-23(30-33)20-8-5-9-21(27)14-20/h2-9,14-17H,10-13,18H2,1H3. The number of aromatic nitrogens is 4. The van der Waals surface area contributed by atoms with Gasteiger partial charge in [0.2, 0.25) is 11.9 Å². The van der Waals surface area contributed by atoms with Gasteiger partial charge in [0.15, 0.2) is 5.75 Å². The second-order valence-electron chi connectivity index (χ2n) is 8.24. The van der Waals surface area contributed by atoms with Crippen LogP contribution in [0.5, 0.6) is 5.75 Å². The Morgan fingerprint density at radius 3 is 2.34 bits per heavy atom. The van der Waals surface area contributed by atoms with E-state index in [1.165, 1.54) is 0 Å². The van der Waals surface area contributed by atoms with Crippen molar-refractivity contribution >= 4 is 23.5 Å². The van der Waals surface area contributed by atoms with Crippen molar-refractivity contribution in [1.82, 2.24) is 24.6 Å². The van der Waals surface area contributed by atoms with Crippen molar-refractivity contribution in [2.45, 2.75) is 6.54 Å². The first-order chi connectivity index (χ1) is 17.1. The van der Waals surface area contributed by atoms with Crippen LogP contribution in [0.15, 0.2) is 73.1 Å². The van der Waals surface area contributed by atoms with Crippen LogP contribution < -0.4 is 9.64 Å². The Morgan fingerprint density at radius 2 is 1.66 bits per heavy atom. The molecule has 178 valence electrons. The molecule has 2 aromatic carbocycles. The SMILES string of the molecule is COc1cnc(N2CCN(C(=O)Cn3nc(-c4cccc(Cl)c4)cc3-c3ccccc3)CC2)nc1. The van der Waals surface area contributed by atoms with Gasteiger partial charge in [-0.1, -0.05) is 54.1 Å². The van der Waals surface area contributed by atoms with Gasteiger partial charge in [-0.2, -0.15) is 5.10 Å². The maximum Gasteiger partial charge on any atom is 0.244 e. The van der Waals surface area contributed by atoms with Crippen molar-refractivity contribution < 1.29 is 9.53 Å². The molecule has 0 bridgehead atoms. The van der Waals surface area contributed by atoms with Crippen molar-refractivity contribution in [3.8, 4) is 28.3 Å². The van der Waals surface area contributed by atoms with E-state index in [1.807, 2.05) is 65.6 Å². The topological polar surface area (TPSA) is 76.4 Å². The van der Waals surface area contributed by atoms with E-state index in [0.717, 1.165) is 22.5 Å². The number of nitrogens with zero attached hydrogens (tertiary/aromatic N) is 6. The maximum absolute atomic E-state index is 13.3. The van der Waals surface area contributed by atoms with Gasteiger partial charge in [0.25, 0.3) is 0 Å². The fraction of sp³-hybridized carbons (Fsp3) is 0.231. The summed E-state index contributed by atoms with van der Waals surface area (Å²) in [5.41, 5.74) is 3.58. The number of piperazine rings is 1. The van der Waals surface area contributed by atoms with E-state index in [1.54, 1.807) is 24.2 Å². The molecule has 1 aliphatic heterocycles. The average molecular weight is 489 g/mol. The Morgan fingerprint density at radius 1 is 0.943 bits per heavy atom. The van der Waals surface area contributed by atoms with Crippen LogP contribution >= 0.6 is 11.6 Å². The van der Waals surface area contributed by atoms with Gasteiger partial charge in [0.1, 0.15) is 6.54 Å². The van der Waals surface area contributed by atoms with Gasteiger partial charge < -0.3 is 14.5 Å². The maximum atomic E-state index is 13.3. The minimum Gasteiger partial charge on any atom is -0.494 e. The Bertz CT molecular complexity index is 1300. The van der Waals surface area contributed by atoms with Gasteiger partial charge >= 0.3 is 0 Å². The first-order valence-electron chi connectivity index (χ1n) is 11.4. The lowest BCUT2D eigenvalue weighted by Crippen LogP contribution is -2.50. The first kappa shape index (κ1) is 22.9. The van der Waals surface area contributed by atoms with E-state index in [-0.39, 0.29) is 12.5 Å². The average Bonchev–Trinajstić information content (AvgIpc) is 3.33. The smallest absolute Gasteiger partial charge is 0.244 e. The Labute approximate surface area is 208 Å². The highest BCUT2D eigenvalue weighted by Crippen LogP contribution is 2.28. The van der Waals surface area contributed by atoms with E-state index < -0.39 is 0 Å². The zero-order chi connectivity index (χ0) is 24.2. The number of rotatable bonds is 6. The molecule has 2 aromatic heterocycles. The Kier molecular flexibility index (Phi) is 6.63. The molecule has 0 saturated carbocycles. The van der Waals surface area contributed by atoms with E-state index in [4.69, 9.17) is 21.4 Å². The molecule has 0 N–H and O–H groups in total. The number of benzene rings is 2. The van der Waals surface area contributed by atoms with Crippen molar-refractivity contribution in [2.24, 2.45) is 0 Å². The van der Waals surface area contributed by atoms with Gasteiger partial charge in [0, 0.05) is 36.8 Å². The number of methoxy groups -OCH3 is 1. The summed E-state index contributed by atoms with van der Waals surface area (Å²) >= 11 is 6.20. The normalized spacial score (nSPS) is 13.7. The molecule has 35 heavy (non-hydrogen) atoms. The van der Waals surface area contributed by atoms with Crippen molar-refractivity contribution in [3.05, 3.63) is 78.1 Å². The van der Waals surface area contributed by atoms with E-state index in [9.17, 15) is 4.79 Å². The van der Waals surface area contributed by atoms with Gasteiger partial charge in [-0.25, -0.2) is 9.97 Å². The van der Waals surface area contributed by atoms with Crippen molar-refractivity contribution in [2.75, 3.05) is 38.2 Å². The highest BCUT2D eigenvalue weighted by Gasteiger charge is 2.24. The summed E-state index contributed by atoms with van der Waals surface area (Å²) < 4.78 is 6.91. The third-order valence-corrected chi connectivity index (χ3v) is 6.26. The summed E-state index contributed by atoms with van der Waals surface area (Å²) in [6.45, 7) is 2.67. The van der Waals surface area contributed by atoms with Crippen LogP contribution in [0.2, 0.25) is 5.02 Å². The molecule has 0 unspecified atom stereocenters. The van der Waals surface area contributed by atoms with Crippen LogP contribution in [-0.2, 0) is 11.3 Å². The second-order valence-corrected chi connectivity index (χ2v) is 8.68. The molecule has 0 aliphatic carbocycles. The van der Waals surface area contributed by atoms with Gasteiger partial charge in [-0.3, -0.25) is 9.48 Å². The highest BCUT2D eigenvalue weighted by molar-refractivity contribution is 6.30. The van der Waals surface area contributed by atoms with Gasteiger partial charge in [-0.05, 0) is 23.8 Å². The Hall–Kier alpha value is -3.91. The fourth-order valence-corrected chi connectivity index (χ4v) is 4.32. The van der Waals surface area contributed by atoms with Crippen molar-refractivity contribution in [1.29, 1.82) is 0 Å². The molecular formula is C26H25ClN6O2. The molecule has 1 fully saturated rings. The molecule has 1 amide bonds. The number of anilines is 1. The summed E-state index contributed by atoms with van der Waals surface area (Å²) in [7, 11) is 1.59. The summed E-state index contributed by atoms with van der Waals surface area (Å²) in [6.07, 6.45) is 3.31. The zero-order valence-corrected chi connectivity index (χ0v) is 20.1. The number of halogens is 1. The van der Waals surface area contributed by atoms with Crippen molar-refractivity contribution in [3.63, 3.8) is 0 Å².